The molecule has 0 radical (unpaired) electrons. The van der Waals surface area contributed by atoms with Crippen molar-refractivity contribution in [3.63, 3.8) is 0 Å². The SMILES string of the molecule is CCOC(=O)COc1c(CNc2ccc(C)cc2C(=O)Nc2ccc(/C(N)=N/O)nc2)cc(CO)cc1OC(C)C. The van der Waals surface area contributed by atoms with Crippen molar-refractivity contribution in [1.82, 2.24) is 4.98 Å². The van der Waals surface area contributed by atoms with Gasteiger partial charge in [-0.3, -0.25) is 9.78 Å². The minimum atomic E-state index is -0.528. The monoisotopic (exact) mass is 565 g/mol. The van der Waals surface area contributed by atoms with Crippen LogP contribution in [-0.2, 0) is 22.7 Å². The van der Waals surface area contributed by atoms with Gasteiger partial charge in [-0.1, -0.05) is 16.8 Å². The molecule has 12 nitrogen and oxygen atoms in total. The van der Waals surface area contributed by atoms with Gasteiger partial charge in [0.1, 0.15) is 5.69 Å². The maximum atomic E-state index is 13.3. The molecule has 0 aliphatic heterocycles. The highest BCUT2D eigenvalue weighted by molar-refractivity contribution is 6.08. The number of aryl methyl sites for hydroxylation is 1. The van der Waals surface area contributed by atoms with Crippen molar-refractivity contribution in [1.29, 1.82) is 0 Å². The summed E-state index contributed by atoms with van der Waals surface area (Å²) in [7, 11) is 0. The van der Waals surface area contributed by atoms with Gasteiger partial charge in [0.25, 0.3) is 5.91 Å². The van der Waals surface area contributed by atoms with E-state index in [0.29, 0.717) is 39.6 Å². The predicted octanol–water partition coefficient (Wildman–Crippen LogP) is 3.57. The number of oxime groups is 1. The zero-order valence-corrected chi connectivity index (χ0v) is 23.4. The Kier molecular flexibility index (Phi) is 10.9. The molecular formula is C29H35N5O7. The number of carbonyl (C=O) groups excluding carboxylic acids is 2. The topological polar surface area (TPSA) is 178 Å². The molecule has 12 heteroatoms. The Balaban J connectivity index is 1.89. The Morgan fingerprint density at radius 1 is 1.15 bits per heavy atom. The van der Waals surface area contributed by atoms with E-state index >= 15 is 0 Å². The summed E-state index contributed by atoms with van der Waals surface area (Å²) in [5.74, 6) is -0.365. The average molecular weight is 566 g/mol. The molecule has 1 aromatic heterocycles. The molecule has 0 atom stereocenters. The van der Waals surface area contributed by atoms with Gasteiger partial charge in [-0.2, -0.15) is 0 Å². The number of aromatic nitrogens is 1. The van der Waals surface area contributed by atoms with E-state index < -0.39 is 5.97 Å². The molecule has 0 saturated carbocycles. The molecule has 1 heterocycles. The van der Waals surface area contributed by atoms with Gasteiger partial charge >= 0.3 is 5.97 Å². The number of ether oxygens (including phenoxy) is 3. The van der Waals surface area contributed by atoms with Crippen LogP contribution in [0.15, 0.2) is 53.8 Å². The van der Waals surface area contributed by atoms with Crippen LogP contribution in [0.2, 0.25) is 0 Å². The number of amidine groups is 1. The number of hydrogen-bond donors (Lipinski definition) is 5. The average Bonchev–Trinajstić information content (AvgIpc) is 2.95. The van der Waals surface area contributed by atoms with E-state index in [-0.39, 0.29) is 49.9 Å². The van der Waals surface area contributed by atoms with E-state index in [9.17, 15) is 14.7 Å². The van der Waals surface area contributed by atoms with Crippen LogP contribution >= 0.6 is 0 Å². The first-order valence-electron chi connectivity index (χ1n) is 13.0. The van der Waals surface area contributed by atoms with E-state index in [1.54, 1.807) is 37.3 Å². The molecule has 3 rings (SSSR count). The third-order valence-electron chi connectivity index (χ3n) is 5.66. The number of amides is 1. The lowest BCUT2D eigenvalue weighted by molar-refractivity contribution is -0.145. The number of esters is 1. The van der Waals surface area contributed by atoms with Gasteiger partial charge in [0, 0.05) is 17.8 Å². The summed E-state index contributed by atoms with van der Waals surface area (Å²) in [5.41, 5.74) is 9.19. The van der Waals surface area contributed by atoms with Crippen molar-refractivity contribution in [2.24, 2.45) is 10.9 Å². The fourth-order valence-corrected chi connectivity index (χ4v) is 3.84. The quantitative estimate of drug-likeness (QED) is 0.0676. The fourth-order valence-electron chi connectivity index (χ4n) is 3.84. The van der Waals surface area contributed by atoms with E-state index in [1.807, 2.05) is 26.8 Å². The summed E-state index contributed by atoms with van der Waals surface area (Å²) >= 11 is 0. The Labute approximate surface area is 238 Å². The number of anilines is 2. The lowest BCUT2D eigenvalue weighted by atomic mass is 10.1. The molecule has 0 aliphatic rings. The molecule has 0 bridgehead atoms. The molecule has 0 aliphatic carbocycles. The van der Waals surface area contributed by atoms with Crippen molar-refractivity contribution >= 4 is 29.1 Å². The van der Waals surface area contributed by atoms with Crippen molar-refractivity contribution in [2.45, 2.75) is 47.0 Å². The Hall–Kier alpha value is -4.84. The van der Waals surface area contributed by atoms with Gasteiger partial charge in [0.05, 0.1) is 36.8 Å². The van der Waals surface area contributed by atoms with Gasteiger partial charge in [-0.05, 0) is 69.7 Å². The van der Waals surface area contributed by atoms with Gasteiger partial charge in [0.15, 0.2) is 23.9 Å². The molecule has 41 heavy (non-hydrogen) atoms. The maximum absolute atomic E-state index is 13.3. The lowest BCUT2D eigenvalue weighted by Gasteiger charge is -2.20. The molecule has 218 valence electrons. The Morgan fingerprint density at radius 3 is 2.56 bits per heavy atom. The van der Waals surface area contributed by atoms with Crippen molar-refractivity contribution in [2.75, 3.05) is 23.8 Å². The first-order valence-corrected chi connectivity index (χ1v) is 13.0. The van der Waals surface area contributed by atoms with Crippen LogP contribution in [0.3, 0.4) is 0 Å². The highest BCUT2D eigenvalue weighted by atomic mass is 16.6. The number of benzene rings is 2. The number of aliphatic hydroxyl groups excluding tert-OH is 1. The summed E-state index contributed by atoms with van der Waals surface area (Å²) in [5, 5.41) is 27.7. The Morgan fingerprint density at radius 2 is 1.93 bits per heavy atom. The molecule has 1 amide bonds. The van der Waals surface area contributed by atoms with Gasteiger partial charge in [-0.15, -0.1) is 0 Å². The van der Waals surface area contributed by atoms with Crippen LogP contribution in [0.1, 0.15) is 53.5 Å². The number of nitrogens with one attached hydrogen (secondary N) is 2. The summed E-state index contributed by atoms with van der Waals surface area (Å²) in [6.45, 7) is 7.13. The number of carbonyl (C=O) groups is 2. The predicted molar refractivity (Wildman–Crippen MR) is 153 cm³/mol. The first kappa shape index (κ1) is 30.7. The third-order valence-corrected chi connectivity index (χ3v) is 5.66. The molecule has 0 unspecified atom stereocenters. The summed E-state index contributed by atoms with van der Waals surface area (Å²) in [4.78, 5) is 29.4. The van der Waals surface area contributed by atoms with Gasteiger partial charge in [-0.25, -0.2) is 4.79 Å². The smallest absolute Gasteiger partial charge is 0.344 e. The summed E-state index contributed by atoms with van der Waals surface area (Å²) < 4.78 is 16.8. The second kappa shape index (κ2) is 14.5. The van der Waals surface area contributed by atoms with Crippen LogP contribution in [0.4, 0.5) is 11.4 Å². The van der Waals surface area contributed by atoms with Crippen LogP contribution in [0.5, 0.6) is 11.5 Å². The molecule has 0 spiro atoms. The minimum Gasteiger partial charge on any atom is -0.487 e. The molecule has 2 aromatic carbocycles. The molecule has 0 saturated heterocycles. The largest absolute Gasteiger partial charge is 0.487 e. The van der Waals surface area contributed by atoms with Crippen LogP contribution < -0.4 is 25.8 Å². The molecule has 3 aromatic rings. The van der Waals surface area contributed by atoms with Crippen molar-refractivity contribution in [3.05, 3.63) is 76.6 Å². The normalized spacial score (nSPS) is 11.2. The zero-order valence-electron chi connectivity index (χ0n) is 23.4. The third kappa shape index (κ3) is 8.57. The first-order chi connectivity index (χ1) is 19.6. The van der Waals surface area contributed by atoms with E-state index in [0.717, 1.165) is 5.56 Å². The molecule has 0 fully saturated rings. The summed E-state index contributed by atoms with van der Waals surface area (Å²) in [6.07, 6.45) is 1.20. The number of nitrogens with zero attached hydrogens (tertiary/aromatic N) is 2. The minimum absolute atomic E-state index is 0.147. The van der Waals surface area contributed by atoms with Crippen LogP contribution in [0.25, 0.3) is 0 Å². The molecule has 6 N–H and O–H groups in total. The van der Waals surface area contributed by atoms with Crippen LogP contribution in [-0.4, -0.2) is 52.3 Å². The number of nitrogens with two attached hydrogens (primary N) is 1. The highest BCUT2D eigenvalue weighted by Crippen LogP contribution is 2.35. The lowest BCUT2D eigenvalue weighted by Crippen LogP contribution is -2.18. The maximum Gasteiger partial charge on any atom is 0.344 e. The van der Waals surface area contributed by atoms with E-state index in [1.165, 1.54) is 12.3 Å². The van der Waals surface area contributed by atoms with Crippen molar-refractivity contribution in [3.8, 4) is 11.5 Å². The fraction of sp³-hybridized carbons (Fsp3) is 0.310. The second-order valence-electron chi connectivity index (χ2n) is 9.27. The Bertz CT molecular complexity index is 1390. The number of rotatable bonds is 13. The highest BCUT2D eigenvalue weighted by Gasteiger charge is 2.19. The number of pyridine rings is 1. The summed E-state index contributed by atoms with van der Waals surface area (Å²) in [6, 6.07) is 11.9. The second-order valence-corrected chi connectivity index (χ2v) is 9.27. The van der Waals surface area contributed by atoms with Crippen LogP contribution in [0, 0.1) is 6.92 Å². The number of aliphatic hydroxyl groups is 1. The van der Waals surface area contributed by atoms with E-state index in [2.05, 4.69) is 20.8 Å². The van der Waals surface area contributed by atoms with Crippen molar-refractivity contribution < 1.29 is 34.1 Å². The molecular weight excluding hydrogens is 530 g/mol. The van der Waals surface area contributed by atoms with E-state index in [4.69, 9.17) is 25.2 Å². The zero-order chi connectivity index (χ0) is 29.9. The number of hydrogen-bond acceptors (Lipinski definition) is 10. The van der Waals surface area contributed by atoms with Gasteiger partial charge < -0.3 is 40.9 Å². The standard InChI is InChI=1S/C29H35N5O7/c1-5-39-26(36)16-40-27-20(11-19(15-35)12-25(27)41-17(2)3)13-31-23-8-6-18(4)10-22(23)29(37)33-21-7-9-24(32-14-21)28(30)34-38/h6-12,14,17,31,35,38H,5,13,15-16H2,1-4H3,(H2,30,34)(H,33,37). The van der Waals surface area contributed by atoms with Gasteiger partial charge in [0.2, 0.25) is 0 Å².